The summed E-state index contributed by atoms with van der Waals surface area (Å²) in [6, 6.07) is 23.6. The van der Waals surface area contributed by atoms with Gasteiger partial charge in [-0.05, 0) is 48.0 Å². The largest absolute Gasteiger partial charge is 0.497 e. The molecule has 3 rings (SSSR count). The number of methoxy groups -OCH3 is 1. The zero-order valence-corrected chi connectivity index (χ0v) is 16.6. The van der Waals surface area contributed by atoms with Gasteiger partial charge in [0.2, 0.25) is 5.91 Å². The molecule has 0 unspecified atom stereocenters. The zero-order valence-electron chi connectivity index (χ0n) is 16.6. The fourth-order valence-electron chi connectivity index (χ4n) is 3.21. The molecule has 0 spiro atoms. The summed E-state index contributed by atoms with van der Waals surface area (Å²) in [6.45, 7) is 0.795. The van der Waals surface area contributed by atoms with Crippen LogP contribution < -0.4 is 10.1 Å². The van der Waals surface area contributed by atoms with Crippen LogP contribution in [0.4, 0.5) is 4.39 Å². The van der Waals surface area contributed by atoms with Crippen LogP contribution in [0.25, 0.3) is 0 Å². The van der Waals surface area contributed by atoms with Gasteiger partial charge in [-0.2, -0.15) is 0 Å². The molecule has 1 atom stereocenters. The highest BCUT2D eigenvalue weighted by Gasteiger charge is 2.18. The Hall–Kier alpha value is -3.18. The number of amides is 1. The second-order valence-electron chi connectivity index (χ2n) is 6.98. The molecule has 0 radical (unpaired) electrons. The Bertz CT molecular complexity index is 912. The van der Waals surface area contributed by atoms with Crippen molar-refractivity contribution in [3.8, 4) is 5.75 Å². The average molecular weight is 392 g/mol. The van der Waals surface area contributed by atoms with Crippen LogP contribution in [0.3, 0.4) is 0 Å². The predicted molar refractivity (Wildman–Crippen MR) is 112 cm³/mol. The molecule has 150 valence electrons. The van der Waals surface area contributed by atoms with Crippen LogP contribution in [-0.4, -0.2) is 31.5 Å². The van der Waals surface area contributed by atoms with Crippen molar-refractivity contribution < 1.29 is 13.9 Å². The maximum atomic E-state index is 13.1. The number of ether oxygens (including phenoxy) is 1. The Morgan fingerprint density at radius 3 is 2.21 bits per heavy atom. The minimum absolute atomic E-state index is 0.0840. The van der Waals surface area contributed by atoms with Gasteiger partial charge in [-0.15, -0.1) is 0 Å². The van der Waals surface area contributed by atoms with Gasteiger partial charge in [0.05, 0.1) is 19.7 Å². The molecular formula is C24H25FN2O2. The second kappa shape index (κ2) is 9.85. The van der Waals surface area contributed by atoms with Gasteiger partial charge in [0.1, 0.15) is 11.6 Å². The average Bonchev–Trinajstić information content (AvgIpc) is 2.74. The first-order valence-corrected chi connectivity index (χ1v) is 9.46. The molecule has 4 nitrogen and oxygen atoms in total. The number of carbonyl (C=O) groups excluding carboxylic acids is 1. The van der Waals surface area contributed by atoms with Crippen molar-refractivity contribution in [2.75, 3.05) is 20.7 Å². The van der Waals surface area contributed by atoms with E-state index in [-0.39, 0.29) is 24.3 Å². The third-order valence-electron chi connectivity index (χ3n) is 4.67. The lowest BCUT2D eigenvalue weighted by molar-refractivity contribution is -0.122. The van der Waals surface area contributed by atoms with E-state index >= 15 is 0 Å². The number of hydrogen-bond donors (Lipinski definition) is 1. The molecule has 0 heterocycles. The predicted octanol–water partition coefficient (Wildman–Crippen LogP) is 4.17. The van der Waals surface area contributed by atoms with Crippen molar-refractivity contribution in [1.82, 2.24) is 10.2 Å². The van der Waals surface area contributed by atoms with Crippen LogP contribution in [0.15, 0.2) is 78.9 Å². The molecule has 0 bridgehead atoms. The number of rotatable bonds is 8. The molecule has 0 aromatic heterocycles. The van der Waals surface area contributed by atoms with Crippen molar-refractivity contribution in [2.45, 2.75) is 12.6 Å². The lowest BCUT2D eigenvalue weighted by Crippen LogP contribution is -2.37. The maximum Gasteiger partial charge on any atom is 0.234 e. The summed E-state index contributed by atoms with van der Waals surface area (Å²) in [5.74, 6) is 0.421. The van der Waals surface area contributed by atoms with E-state index in [2.05, 4.69) is 5.32 Å². The number of hydrogen-bond acceptors (Lipinski definition) is 3. The minimum Gasteiger partial charge on any atom is -0.497 e. The van der Waals surface area contributed by atoms with Gasteiger partial charge in [0.25, 0.3) is 0 Å². The summed E-state index contributed by atoms with van der Waals surface area (Å²) in [5.41, 5.74) is 2.94. The normalized spacial score (nSPS) is 11.9. The first kappa shape index (κ1) is 20.6. The first-order chi connectivity index (χ1) is 14.0. The van der Waals surface area contributed by atoms with Crippen LogP contribution in [0.2, 0.25) is 0 Å². The number of benzene rings is 3. The standard InChI is InChI=1S/C24H25FN2O2/c1-27(16-18-8-12-21(25)13-9-18)17-23(28)26-24(19-6-4-3-5-7-19)20-10-14-22(29-2)15-11-20/h3-15,24H,16-17H2,1-2H3,(H,26,28)/t24-/m0/s1. The Labute approximate surface area is 170 Å². The number of carbonyl (C=O) groups is 1. The van der Waals surface area contributed by atoms with Crippen molar-refractivity contribution in [1.29, 1.82) is 0 Å². The second-order valence-corrected chi connectivity index (χ2v) is 6.98. The van der Waals surface area contributed by atoms with Gasteiger partial charge in [-0.25, -0.2) is 4.39 Å². The minimum atomic E-state index is -0.264. The third-order valence-corrected chi connectivity index (χ3v) is 4.67. The fourth-order valence-corrected chi connectivity index (χ4v) is 3.21. The summed E-state index contributed by atoms with van der Waals surface area (Å²) in [5, 5.41) is 3.13. The summed E-state index contributed by atoms with van der Waals surface area (Å²) in [7, 11) is 3.50. The van der Waals surface area contributed by atoms with E-state index in [0.717, 1.165) is 22.4 Å². The number of halogens is 1. The fraction of sp³-hybridized carbons (Fsp3) is 0.208. The molecule has 0 saturated carbocycles. The van der Waals surface area contributed by atoms with Gasteiger partial charge in [0, 0.05) is 6.54 Å². The Morgan fingerprint density at radius 2 is 1.59 bits per heavy atom. The number of likely N-dealkylation sites (N-methyl/N-ethyl adjacent to an activating group) is 1. The summed E-state index contributed by atoms with van der Waals surface area (Å²) < 4.78 is 18.3. The van der Waals surface area contributed by atoms with Crippen molar-refractivity contribution in [3.05, 3.63) is 101 Å². The summed E-state index contributed by atoms with van der Waals surface area (Å²) in [4.78, 5) is 14.6. The molecule has 3 aromatic rings. The molecule has 5 heteroatoms. The first-order valence-electron chi connectivity index (χ1n) is 9.46. The Balaban J connectivity index is 1.69. The molecule has 0 aliphatic heterocycles. The quantitative estimate of drug-likeness (QED) is 0.626. The van der Waals surface area contributed by atoms with Crippen molar-refractivity contribution >= 4 is 5.91 Å². The van der Waals surface area contributed by atoms with Crippen molar-refractivity contribution in [3.63, 3.8) is 0 Å². The van der Waals surface area contributed by atoms with Crippen LogP contribution in [0.1, 0.15) is 22.7 Å². The highest BCUT2D eigenvalue weighted by atomic mass is 19.1. The monoisotopic (exact) mass is 392 g/mol. The van der Waals surface area contributed by atoms with E-state index < -0.39 is 0 Å². The third kappa shape index (κ3) is 5.90. The van der Waals surface area contributed by atoms with Gasteiger partial charge in [0.15, 0.2) is 0 Å². The van der Waals surface area contributed by atoms with E-state index in [1.165, 1.54) is 12.1 Å². The highest BCUT2D eigenvalue weighted by molar-refractivity contribution is 5.79. The lowest BCUT2D eigenvalue weighted by atomic mass is 9.98. The maximum absolute atomic E-state index is 13.1. The van der Waals surface area contributed by atoms with Crippen LogP contribution in [0.5, 0.6) is 5.75 Å². The zero-order chi connectivity index (χ0) is 20.6. The van der Waals surface area contributed by atoms with Gasteiger partial charge >= 0.3 is 0 Å². The highest BCUT2D eigenvalue weighted by Crippen LogP contribution is 2.24. The van der Waals surface area contributed by atoms with E-state index in [0.29, 0.717) is 6.54 Å². The molecule has 0 aliphatic carbocycles. The molecule has 1 N–H and O–H groups in total. The molecular weight excluding hydrogens is 367 g/mol. The lowest BCUT2D eigenvalue weighted by Gasteiger charge is -2.22. The van der Waals surface area contributed by atoms with E-state index in [1.807, 2.05) is 66.5 Å². The summed E-state index contributed by atoms with van der Waals surface area (Å²) in [6.07, 6.45) is 0. The molecule has 0 fully saturated rings. The Morgan fingerprint density at radius 1 is 0.966 bits per heavy atom. The number of nitrogens with zero attached hydrogens (tertiary/aromatic N) is 1. The van der Waals surface area contributed by atoms with Crippen LogP contribution in [0, 0.1) is 5.82 Å². The van der Waals surface area contributed by atoms with Gasteiger partial charge < -0.3 is 10.1 Å². The van der Waals surface area contributed by atoms with Gasteiger partial charge in [-0.1, -0.05) is 54.6 Å². The molecule has 29 heavy (non-hydrogen) atoms. The topological polar surface area (TPSA) is 41.6 Å². The van der Waals surface area contributed by atoms with E-state index in [4.69, 9.17) is 4.74 Å². The Kier molecular flexibility index (Phi) is 6.98. The number of nitrogens with one attached hydrogen (secondary N) is 1. The molecule has 0 saturated heterocycles. The smallest absolute Gasteiger partial charge is 0.234 e. The summed E-state index contributed by atoms with van der Waals surface area (Å²) >= 11 is 0. The van der Waals surface area contributed by atoms with Crippen molar-refractivity contribution in [2.24, 2.45) is 0 Å². The molecule has 0 aliphatic rings. The van der Waals surface area contributed by atoms with Crippen LogP contribution in [-0.2, 0) is 11.3 Å². The molecule has 1 amide bonds. The van der Waals surface area contributed by atoms with Gasteiger partial charge in [-0.3, -0.25) is 9.69 Å². The van der Waals surface area contributed by atoms with Crippen LogP contribution >= 0.6 is 0 Å². The van der Waals surface area contributed by atoms with E-state index in [9.17, 15) is 9.18 Å². The SMILES string of the molecule is COc1ccc([C@@H](NC(=O)CN(C)Cc2ccc(F)cc2)c2ccccc2)cc1. The van der Waals surface area contributed by atoms with E-state index in [1.54, 1.807) is 19.2 Å². The molecule has 3 aromatic carbocycles.